The van der Waals surface area contributed by atoms with Gasteiger partial charge in [0.15, 0.2) is 0 Å². The van der Waals surface area contributed by atoms with Gasteiger partial charge >= 0.3 is 0 Å². The molecule has 1 amide bonds. The van der Waals surface area contributed by atoms with Crippen LogP contribution in [0, 0.1) is 6.92 Å². The first kappa shape index (κ1) is 10.6. The van der Waals surface area contributed by atoms with E-state index in [1.165, 1.54) is 6.20 Å². The number of rotatable bonds is 4. The molecule has 0 saturated carbocycles. The average Bonchev–Trinajstić information content (AvgIpc) is 2.19. The number of aryl methyl sites for hydroxylation is 1. The molecule has 1 aromatic heterocycles. The van der Waals surface area contributed by atoms with E-state index in [1.54, 1.807) is 6.20 Å². The zero-order chi connectivity index (χ0) is 10.4. The van der Waals surface area contributed by atoms with Crippen molar-refractivity contribution < 1.29 is 4.79 Å². The zero-order valence-corrected chi connectivity index (χ0v) is 8.37. The lowest BCUT2D eigenvalue weighted by Gasteiger charge is -2.03. The van der Waals surface area contributed by atoms with Crippen molar-refractivity contribution in [2.45, 2.75) is 6.92 Å². The van der Waals surface area contributed by atoms with Crippen molar-refractivity contribution in [3.05, 3.63) is 23.8 Å². The summed E-state index contributed by atoms with van der Waals surface area (Å²) in [5, 5.41) is 5.65. The van der Waals surface area contributed by atoms with Crippen LogP contribution in [0.15, 0.2) is 12.4 Å². The lowest BCUT2D eigenvalue weighted by molar-refractivity contribution is 0.0948. The first-order chi connectivity index (χ1) is 6.74. The van der Waals surface area contributed by atoms with E-state index in [2.05, 4.69) is 20.6 Å². The van der Waals surface area contributed by atoms with Crippen molar-refractivity contribution >= 4 is 5.91 Å². The zero-order valence-electron chi connectivity index (χ0n) is 8.37. The molecule has 0 spiro atoms. The molecule has 0 bridgehead atoms. The predicted octanol–water partition coefficient (Wildman–Crippen LogP) is -0.266. The summed E-state index contributed by atoms with van der Waals surface area (Å²) in [4.78, 5) is 19.3. The lowest BCUT2D eigenvalue weighted by atomic mass is 10.4. The molecule has 0 unspecified atom stereocenters. The van der Waals surface area contributed by atoms with Crippen molar-refractivity contribution in [1.29, 1.82) is 0 Å². The van der Waals surface area contributed by atoms with Crippen LogP contribution in [-0.4, -0.2) is 36.0 Å². The molecule has 1 rings (SSSR count). The van der Waals surface area contributed by atoms with Gasteiger partial charge < -0.3 is 10.6 Å². The lowest BCUT2D eigenvalue weighted by Crippen LogP contribution is -2.31. The molecule has 0 atom stereocenters. The Morgan fingerprint density at radius 1 is 1.36 bits per heavy atom. The highest BCUT2D eigenvalue weighted by Gasteiger charge is 2.05. The number of aromatic nitrogens is 2. The Kier molecular flexibility index (Phi) is 4.00. The van der Waals surface area contributed by atoms with Crippen molar-refractivity contribution in [1.82, 2.24) is 20.6 Å². The van der Waals surface area contributed by atoms with E-state index in [0.29, 0.717) is 12.2 Å². The van der Waals surface area contributed by atoms with Gasteiger partial charge in [0.25, 0.3) is 5.91 Å². The third-order valence-electron chi connectivity index (χ3n) is 1.67. The summed E-state index contributed by atoms with van der Waals surface area (Å²) in [5.74, 6) is -0.187. The number of amides is 1. The summed E-state index contributed by atoms with van der Waals surface area (Å²) in [6.45, 7) is 3.16. The number of hydrogen-bond donors (Lipinski definition) is 2. The van der Waals surface area contributed by atoms with Crippen LogP contribution in [0.4, 0.5) is 0 Å². The van der Waals surface area contributed by atoms with Crippen molar-refractivity contribution in [2.75, 3.05) is 20.1 Å². The van der Waals surface area contributed by atoms with Gasteiger partial charge in [-0.05, 0) is 14.0 Å². The van der Waals surface area contributed by atoms with E-state index in [4.69, 9.17) is 0 Å². The predicted molar refractivity (Wildman–Crippen MR) is 53.0 cm³/mol. The first-order valence-corrected chi connectivity index (χ1v) is 4.45. The number of likely N-dealkylation sites (N-methyl/N-ethyl adjacent to an activating group) is 1. The Labute approximate surface area is 83.0 Å². The third-order valence-corrected chi connectivity index (χ3v) is 1.67. The van der Waals surface area contributed by atoms with Gasteiger partial charge in [0, 0.05) is 19.3 Å². The molecule has 0 radical (unpaired) electrons. The highest BCUT2D eigenvalue weighted by molar-refractivity contribution is 5.91. The van der Waals surface area contributed by atoms with Crippen molar-refractivity contribution in [2.24, 2.45) is 0 Å². The number of carbonyl (C=O) groups excluding carboxylic acids is 1. The molecule has 1 heterocycles. The fourth-order valence-electron chi connectivity index (χ4n) is 0.901. The van der Waals surface area contributed by atoms with Crippen molar-refractivity contribution in [3.63, 3.8) is 0 Å². The monoisotopic (exact) mass is 194 g/mol. The SMILES string of the molecule is CNCCNC(=O)c1cnc(C)cn1. The molecule has 14 heavy (non-hydrogen) atoms. The van der Waals surface area contributed by atoms with E-state index in [0.717, 1.165) is 12.2 Å². The van der Waals surface area contributed by atoms with Crippen LogP contribution in [0.2, 0.25) is 0 Å². The molecule has 0 aliphatic rings. The fraction of sp³-hybridized carbons (Fsp3) is 0.444. The van der Waals surface area contributed by atoms with Gasteiger partial charge in [-0.25, -0.2) is 4.98 Å². The van der Waals surface area contributed by atoms with Crippen LogP contribution in [0.25, 0.3) is 0 Å². The standard InChI is InChI=1S/C9H14N4O/c1-7-5-13-8(6-12-7)9(14)11-4-3-10-2/h5-6,10H,3-4H2,1-2H3,(H,11,14). The van der Waals surface area contributed by atoms with Gasteiger partial charge in [-0.15, -0.1) is 0 Å². The Bertz CT molecular complexity index is 296. The molecule has 1 aromatic rings. The summed E-state index contributed by atoms with van der Waals surface area (Å²) in [6, 6.07) is 0. The number of carbonyl (C=O) groups is 1. The number of nitrogens with zero attached hydrogens (tertiary/aromatic N) is 2. The van der Waals surface area contributed by atoms with Crippen LogP contribution in [-0.2, 0) is 0 Å². The third kappa shape index (κ3) is 3.10. The van der Waals surface area contributed by atoms with E-state index in [-0.39, 0.29) is 5.91 Å². The van der Waals surface area contributed by atoms with Gasteiger partial charge in [-0.3, -0.25) is 9.78 Å². The Hall–Kier alpha value is -1.49. The number of nitrogens with one attached hydrogen (secondary N) is 2. The van der Waals surface area contributed by atoms with Gasteiger partial charge in [0.1, 0.15) is 5.69 Å². The maximum Gasteiger partial charge on any atom is 0.271 e. The van der Waals surface area contributed by atoms with E-state index < -0.39 is 0 Å². The summed E-state index contributed by atoms with van der Waals surface area (Å²) >= 11 is 0. The minimum atomic E-state index is -0.187. The molecule has 2 N–H and O–H groups in total. The quantitative estimate of drug-likeness (QED) is 0.648. The summed E-state index contributed by atoms with van der Waals surface area (Å²) in [5.41, 5.74) is 1.16. The molecule has 0 aliphatic carbocycles. The van der Waals surface area contributed by atoms with Gasteiger partial charge in [-0.2, -0.15) is 0 Å². The molecular formula is C9H14N4O. The number of hydrogen-bond acceptors (Lipinski definition) is 4. The van der Waals surface area contributed by atoms with Crippen LogP contribution in [0.5, 0.6) is 0 Å². The molecule has 5 nitrogen and oxygen atoms in total. The maximum atomic E-state index is 11.4. The smallest absolute Gasteiger partial charge is 0.271 e. The Balaban J connectivity index is 2.48. The van der Waals surface area contributed by atoms with Crippen LogP contribution in [0.1, 0.15) is 16.2 Å². The maximum absolute atomic E-state index is 11.4. The highest BCUT2D eigenvalue weighted by Crippen LogP contribution is 1.93. The molecule has 0 fully saturated rings. The molecule has 0 saturated heterocycles. The molecule has 0 aromatic carbocycles. The molecule has 0 aliphatic heterocycles. The minimum Gasteiger partial charge on any atom is -0.349 e. The van der Waals surface area contributed by atoms with Crippen LogP contribution >= 0.6 is 0 Å². The second-order valence-electron chi connectivity index (χ2n) is 2.90. The Morgan fingerprint density at radius 2 is 2.14 bits per heavy atom. The second kappa shape index (κ2) is 5.29. The second-order valence-corrected chi connectivity index (χ2v) is 2.90. The largest absolute Gasteiger partial charge is 0.349 e. The van der Waals surface area contributed by atoms with Gasteiger partial charge in [-0.1, -0.05) is 0 Å². The van der Waals surface area contributed by atoms with E-state index in [1.807, 2.05) is 14.0 Å². The van der Waals surface area contributed by atoms with Crippen LogP contribution in [0.3, 0.4) is 0 Å². The van der Waals surface area contributed by atoms with E-state index in [9.17, 15) is 4.79 Å². The first-order valence-electron chi connectivity index (χ1n) is 4.45. The van der Waals surface area contributed by atoms with Crippen LogP contribution < -0.4 is 10.6 Å². The average molecular weight is 194 g/mol. The Morgan fingerprint density at radius 3 is 2.71 bits per heavy atom. The highest BCUT2D eigenvalue weighted by atomic mass is 16.1. The van der Waals surface area contributed by atoms with Gasteiger partial charge in [0.2, 0.25) is 0 Å². The van der Waals surface area contributed by atoms with E-state index >= 15 is 0 Å². The van der Waals surface area contributed by atoms with Crippen molar-refractivity contribution in [3.8, 4) is 0 Å². The fourth-order valence-corrected chi connectivity index (χ4v) is 0.901. The summed E-state index contributed by atoms with van der Waals surface area (Å²) in [6.07, 6.45) is 3.05. The normalized spacial score (nSPS) is 9.86. The molecule has 5 heteroatoms. The summed E-state index contributed by atoms with van der Waals surface area (Å²) in [7, 11) is 1.83. The molecular weight excluding hydrogens is 180 g/mol. The minimum absolute atomic E-state index is 0.187. The van der Waals surface area contributed by atoms with Gasteiger partial charge in [0.05, 0.1) is 11.9 Å². The molecule has 76 valence electrons. The summed E-state index contributed by atoms with van der Waals surface area (Å²) < 4.78 is 0. The topological polar surface area (TPSA) is 66.9 Å².